The normalized spacial score (nSPS) is 16.6. The first-order chi connectivity index (χ1) is 10.6. The van der Waals surface area contributed by atoms with Crippen LogP contribution >= 0.6 is 11.6 Å². The van der Waals surface area contributed by atoms with E-state index >= 15 is 0 Å². The van der Waals surface area contributed by atoms with Crippen molar-refractivity contribution in [2.75, 3.05) is 5.32 Å². The van der Waals surface area contributed by atoms with Crippen LogP contribution in [0.2, 0.25) is 0 Å². The molecule has 0 spiro atoms. The van der Waals surface area contributed by atoms with Gasteiger partial charge >= 0.3 is 0 Å². The highest BCUT2D eigenvalue weighted by molar-refractivity contribution is 6.67. The van der Waals surface area contributed by atoms with E-state index in [2.05, 4.69) is 12.2 Å². The van der Waals surface area contributed by atoms with Gasteiger partial charge in [0.2, 0.25) is 0 Å². The van der Waals surface area contributed by atoms with Crippen molar-refractivity contribution in [2.24, 2.45) is 0 Å². The lowest BCUT2D eigenvalue weighted by Crippen LogP contribution is -2.36. The number of hydrogen-bond acceptors (Lipinski definition) is 3. The fourth-order valence-electron chi connectivity index (χ4n) is 2.57. The molecule has 0 saturated carbocycles. The van der Waals surface area contributed by atoms with Gasteiger partial charge < -0.3 is 10.1 Å². The standard InChI is InChI=1S/C17H22ClNO3/c1-2-3-4-5-6-7-8-15-17(21)19-13-11-12(16(18)20)9-10-14(13)22-15/h9-11,15H,2-8H2,1H3,(H,19,21). The van der Waals surface area contributed by atoms with Crippen LogP contribution in [0.4, 0.5) is 5.69 Å². The number of halogens is 1. The van der Waals surface area contributed by atoms with Crippen LogP contribution in [0.5, 0.6) is 5.75 Å². The highest BCUT2D eigenvalue weighted by atomic mass is 35.5. The lowest BCUT2D eigenvalue weighted by Gasteiger charge is -2.26. The smallest absolute Gasteiger partial charge is 0.265 e. The topological polar surface area (TPSA) is 55.4 Å². The van der Waals surface area contributed by atoms with E-state index in [1.807, 2.05) is 0 Å². The number of carbonyl (C=O) groups excluding carboxylic acids is 2. The summed E-state index contributed by atoms with van der Waals surface area (Å²) in [7, 11) is 0. The van der Waals surface area contributed by atoms with Gasteiger partial charge in [-0.1, -0.05) is 39.0 Å². The van der Waals surface area contributed by atoms with E-state index < -0.39 is 11.3 Å². The van der Waals surface area contributed by atoms with Crippen LogP contribution in [-0.4, -0.2) is 17.3 Å². The average Bonchev–Trinajstić information content (AvgIpc) is 2.50. The Bertz CT molecular complexity index is 545. The Balaban J connectivity index is 1.86. The number of nitrogens with one attached hydrogen (secondary N) is 1. The SMILES string of the molecule is CCCCCCCCC1Oc2ccc(C(=O)Cl)cc2NC1=O. The van der Waals surface area contributed by atoms with E-state index in [9.17, 15) is 9.59 Å². The van der Waals surface area contributed by atoms with Crippen molar-refractivity contribution in [3.63, 3.8) is 0 Å². The second kappa shape index (κ2) is 8.18. The van der Waals surface area contributed by atoms with Crippen LogP contribution in [-0.2, 0) is 4.79 Å². The third-order valence-corrected chi connectivity index (χ3v) is 4.06. The number of amides is 1. The Morgan fingerprint density at radius 2 is 1.95 bits per heavy atom. The third-order valence-electron chi connectivity index (χ3n) is 3.85. The maximum Gasteiger partial charge on any atom is 0.265 e. The molecule has 1 aliphatic heterocycles. The van der Waals surface area contributed by atoms with Gasteiger partial charge in [0.15, 0.2) is 6.10 Å². The fraction of sp³-hybridized carbons (Fsp3) is 0.529. The van der Waals surface area contributed by atoms with Crippen LogP contribution < -0.4 is 10.1 Å². The van der Waals surface area contributed by atoms with Crippen LogP contribution in [0.25, 0.3) is 0 Å². The van der Waals surface area contributed by atoms with Crippen molar-refractivity contribution in [2.45, 2.75) is 58.0 Å². The third kappa shape index (κ3) is 4.47. The molecule has 0 aromatic heterocycles. The van der Waals surface area contributed by atoms with Gasteiger partial charge in [-0.25, -0.2) is 0 Å². The van der Waals surface area contributed by atoms with Crippen molar-refractivity contribution in [1.29, 1.82) is 0 Å². The van der Waals surface area contributed by atoms with E-state index in [0.29, 0.717) is 23.4 Å². The summed E-state index contributed by atoms with van der Waals surface area (Å²) in [6.45, 7) is 2.20. The molecule has 0 radical (unpaired) electrons. The zero-order valence-corrected chi connectivity index (χ0v) is 13.6. The summed E-state index contributed by atoms with van der Waals surface area (Å²) < 4.78 is 5.74. The molecule has 1 heterocycles. The number of anilines is 1. The van der Waals surface area contributed by atoms with Gasteiger partial charge in [0, 0.05) is 5.56 Å². The fourth-order valence-corrected chi connectivity index (χ4v) is 2.69. The van der Waals surface area contributed by atoms with E-state index in [-0.39, 0.29) is 5.91 Å². The zero-order chi connectivity index (χ0) is 15.9. The lowest BCUT2D eigenvalue weighted by atomic mass is 10.1. The van der Waals surface area contributed by atoms with Gasteiger partial charge in [-0.2, -0.15) is 0 Å². The molecule has 0 fully saturated rings. The summed E-state index contributed by atoms with van der Waals surface area (Å²) in [5.41, 5.74) is 0.856. The molecule has 1 aromatic carbocycles. The van der Waals surface area contributed by atoms with Crippen molar-refractivity contribution in [3.8, 4) is 5.75 Å². The quantitative estimate of drug-likeness (QED) is 0.565. The van der Waals surface area contributed by atoms with E-state index in [4.69, 9.17) is 16.3 Å². The molecule has 0 bridgehead atoms. The zero-order valence-electron chi connectivity index (χ0n) is 12.9. The van der Waals surface area contributed by atoms with Gasteiger partial charge in [-0.15, -0.1) is 0 Å². The van der Waals surface area contributed by atoms with Crippen LogP contribution in [0.3, 0.4) is 0 Å². The Morgan fingerprint density at radius 1 is 1.23 bits per heavy atom. The summed E-state index contributed by atoms with van der Waals surface area (Å²) in [6.07, 6.45) is 7.35. The molecule has 1 aromatic rings. The molecule has 1 aliphatic rings. The van der Waals surface area contributed by atoms with E-state index in [1.54, 1.807) is 18.2 Å². The Hall–Kier alpha value is -1.55. The first-order valence-corrected chi connectivity index (χ1v) is 8.31. The lowest BCUT2D eigenvalue weighted by molar-refractivity contribution is -0.123. The maximum absolute atomic E-state index is 12.1. The van der Waals surface area contributed by atoms with Gasteiger partial charge in [0.1, 0.15) is 5.75 Å². The van der Waals surface area contributed by atoms with E-state index in [1.165, 1.54) is 25.7 Å². The van der Waals surface area contributed by atoms with E-state index in [0.717, 1.165) is 12.8 Å². The minimum Gasteiger partial charge on any atom is -0.478 e. The molecule has 120 valence electrons. The average molecular weight is 324 g/mol. The summed E-state index contributed by atoms with van der Waals surface area (Å²) in [4.78, 5) is 23.2. The van der Waals surface area contributed by atoms with Crippen LogP contribution in [0, 0.1) is 0 Å². The number of rotatable bonds is 8. The first-order valence-electron chi connectivity index (χ1n) is 7.93. The summed E-state index contributed by atoms with van der Waals surface area (Å²) in [5.74, 6) is 0.442. The Kier molecular flexibility index (Phi) is 6.25. The molecule has 1 atom stereocenters. The summed E-state index contributed by atoms with van der Waals surface area (Å²) in [5, 5.41) is 2.24. The second-order valence-corrected chi connectivity index (χ2v) is 5.98. The molecular formula is C17H22ClNO3. The van der Waals surface area contributed by atoms with Crippen LogP contribution in [0.15, 0.2) is 18.2 Å². The molecule has 2 rings (SSSR count). The Morgan fingerprint density at radius 3 is 2.68 bits per heavy atom. The molecule has 4 nitrogen and oxygen atoms in total. The monoisotopic (exact) mass is 323 g/mol. The largest absolute Gasteiger partial charge is 0.478 e. The van der Waals surface area contributed by atoms with Gasteiger partial charge in [-0.3, -0.25) is 9.59 Å². The molecular weight excluding hydrogens is 302 g/mol. The molecule has 22 heavy (non-hydrogen) atoms. The molecule has 0 saturated heterocycles. The molecule has 1 unspecified atom stereocenters. The van der Waals surface area contributed by atoms with Crippen molar-refractivity contribution < 1.29 is 14.3 Å². The predicted octanol–water partition coefficient (Wildman–Crippen LogP) is 4.52. The highest BCUT2D eigenvalue weighted by Gasteiger charge is 2.27. The molecule has 0 aliphatic carbocycles. The number of ether oxygens (including phenoxy) is 1. The number of hydrogen-bond donors (Lipinski definition) is 1. The minimum atomic E-state index is -0.550. The Labute approximate surface area is 136 Å². The first kappa shape index (κ1) is 16.8. The van der Waals surface area contributed by atoms with Gasteiger partial charge in [-0.05, 0) is 42.6 Å². The summed E-state index contributed by atoms with van der Waals surface area (Å²) in [6, 6.07) is 4.83. The van der Waals surface area contributed by atoms with Crippen molar-refractivity contribution >= 4 is 28.4 Å². The molecule has 1 N–H and O–H groups in total. The minimum absolute atomic E-state index is 0.153. The maximum atomic E-state index is 12.1. The number of carbonyl (C=O) groups is 2. The van der Waals surface area contributed by atoms with Gasteiger partial charge in [0.25, 0.3) is 11.1 Å². The highest BCUT2D eigenvalue weighted by Crippen LogP contribution is 2.32. The van der Waals surface area contributed by atoms with Crippen molar-refractivity contribution in [1.82, 2.24) is 0 Å². The van der Waals surface area contributed by atoms with Crippen LogP contribution in [0.1, 0.15) is 62.2 Å². The molecule has 5 heteroatoms. The predicted molar refractivity (Wildman–Crippen MR) is 87.7 cm³/mol. The number of unbranched alkanes of at least 4 members (excludes halogenated alkanes) is 5. The van der Waals surface area contributed by atoms with Gasteiger partial charge in [0.05, 0.1) is 5.69 Å². The second-order valence-electron chi connectivity index (χ2n) is 5.64. The van der Waals surface area contributed by atoms with Crippen molar-refractivity contribution in [3.05, 3.63) is 23.8 Å². The number of benzene rings is 1. The number of fused-ring (bicyclic) bond motifs is 1. The molecule has 1 amide bonds. The summed E-state index contributed by atoms with van der Waals surface area (Å²) >= 11 is 5.44.